The molecule has 0 amide bonds. The van der Waals surface area contributed by atoms with Gasteiger partial charge in [0.2, 0.25) is 5.78 Å². The summed E-state index contributed by atoms with van der Waals surface area (Å²) in [5, 5.41) is 10.1. The van der Waals surface area contributed by atoms with Gasteiger partial charge in [0.1, 0.15) is 5.69 Å². The van der Waals surface area contributed by atoms with Gasteiger partial charge in [0.05, 0.1) is 28.5 Å². The zero-order valence-corrected chi connectivity index (χ0v) is 18.1. The summed E-state index contributed by atoms with van der Waals surface area (Å²) in [6, 6.07) is 1.76. The van der Waals surface area contributed by atoms with Crippen molar-refractivity contribution in [2.75, 3.05) is 20.4 Å². The van der Waals surface area contributed by atoms with E-state index in [9.17, 15) is 9.59 Å². The first-order chi connectivity index (χ1) is 13.2. The van der Waals surface area contributed by atoms with E-state index >= 15 is 0 Å². The number of ketones is 2. The SMILES string of the molecule is CSc1c(Cn2nc(C)cc2C(=O)C(=CN(C)C)C(=O)C2CC2)c(C)nn1C. The van der Waals surface area contributed by atoms with Crippen LogP contribution in [-0.2, 0) is 18.4 Å². The zero-order chi connectivity index (χ0) is 20.6. The maximum Gasteiger partial charge on any atom is 0.216 e. The molecule has 0 radical (unpaired) electrons. The Morgan fingerprint density at radius 3 is 2.54 bits per heavy atom. The van der Waals surface area contributed by atoms with Crippen LogP contribution in [0.2, 0.25) is 0 Å². The van der Waals surface area contributed by atoms with Crippen molar-refractivity contribution in [2.24, 2.45) is 13.0 Å². The lowest BCUT2D eigenvalue weighted by Gasteiger charge is -2.12. The predicted molar refractivity (Wildman–Crippen MR) is 110 cm³/mol. The minimum absolute atomic E-state index is 0.0173. The van der Waals surface area contributed by atoms with Crippen LogP contribution in [0.5, 0.6) is 0 Å². The molecule has 1 aliphatic carbocycles. The lowest BCUT2D eigenvalue weighted by atomic mass is 10.0. The Balaban J connectivity index is 1.99. The Hall–Kier alpha value is -2.35. The lowest BCUT2D eigenvalue weighted by Crippen LogP contribution is -2.21. The molecule has 0 N–H and O–H groups in total. The molecule has 0 bridgehead atoms. The van der Waals surface area contributed by atoms with E-state index in [0.29, 0.717) is 12.2 Å². The molecule has 0 spiro atoms. The highest BCUT2D eigenvalue weighted by Gasteiger charge is 2.36. The highest BCUT2D eigenvalue weighted by atomic mass is 32.2. The molecule has 150 valence electrons. The fourth-order valence-electron chi connectivity index (χ4n) is 3.31. The van der Waals surface area contributed by atoms with Crippen molar-refractivity contribution in [3.8, 4) is 0 Å². The van der Waals surface area contributed by atoms with E-state index in [1.165, 1.54) is 0 Å². The van der Waals surface area contributed by atoms with Crippen LogP contribution >= 0.6 is 11.8 Å². The maximum absolute atomic E-state index is 13.3. The average molecular weight is 402 g/mol. The summed E-state index contributed by atoms with van der Waals surface area (Å²) in [6.07, 6.45) is 5.37. The van der Waals surface area contributed by atoms with Crippen molar-refractivity contribution in [3.63, 3.8) is 0 Å². The van der Waals surface area contributed by atoms with Crippen LogP contribution in [0, 0.1) is 19.8 Å². The van der Waals surface area contributed by atoms with Gasteiger partial charge in [-0.25, -0.2) is 0 Å². The van der Waals surface area contributed by atoms with Gasteiger partial charge in [-0.15, -0.1) is 11.8 Å². The van der Waals surface area contributed by atoms with Crippen molar-refractivity contribution in [2.45, 2.75) is 38.3 Å². The number of aryl methyl sites for hydroxylation is 3. The molecule has 1 saturated carbocycles. The molecule has 0 aromatic carbocycles. The van der Waals surface area contributed by atoms with Gasteiger partial charge in [0.15, 0.2) is 5.78 Å². The van der Waals surface area contributed by atoms with Crippen LogP contribution in [0.3, 0.4) is 0 Å². The van der Waals surface area contributed by atoms with Gasteiger partial charge < -0.3 is 4.90 Å². The molecule has 8 heteroatoms. The molecule has 0 atom stereocenters. The summed E-state index contributed by atoms with van der Waals surface area (Å²) in [6.45, 7) is 4.26. The van der Waals surface area contributed by atoms with Crippen molar-refractivity contribution in [1.82, 2.24) is 24.5 Å². The van der Waals surface area contributed by atoms with Crippen molar-refractivity contribution < 1.29 is 9.59 Å². The van der Waals surface area contributed by atoms with E-state index in [1.807, 2.05) is 45.9 Å². The number of rotatable bonds is 8. The largest absolute Gasteiger partial charge is 0.383 e. The normalized spacial score (nSPS) is 14.4. The highest BCUT2D eigenvalue weighted by Crippen LogP contribution is 2.33. The summed E-state index contributed by atoms with van der Waals surface area (Å²) in [4.78, 5) is 27.8. The topological polar surface area (TPSA) is 73.0 Å². The first kappa shape index (κ1) is 20.4. The molecular weight excluding hydrogens is 374 g/mol. The van der Waals surface area contributed by atoms with Crippen LogP contribution in [0.1, 0.15) is 40.3 Å². The molecule has 1 fully saturated rings. The lowest BCUT2D eigenvalue weighted by molar-refractivity contribution is -0.116. The van der Waals surface area contributed by atoms with Crippen LogP contribution in [0.4, 0.5) is 0 Å². The number of thioether (sulfide) groups is 1. The highest BCUT2D eigenvalue weighted by molar-refractivity contribution is 7.98. The Morgan fingerprint density at radius 2 is 1.96 bits per heavy atom. The quantitative estimate of drug-likeness (QED) is 0.223. The Bertz CT molecular complexity index is 950. The van der Waals surface area contributed by atoms with E-state index in [2.05, 4.69) is 10.2 Å². The molecule has 0 aliphatic heterocycles. The predicted octanol–water partition coefficient (Wildman–Crippen LogP) is 2.61. The third kappa shape index (κ3) is 4.06. The average Bonchev–Trinajstić information content (AvgIpc) is 3.35. The van der Waals surface area contributed by atoms with E-state index < -0.39 is 0 Å². The Labute approximate surface area is 169 Å². The number of hydrogen-bond donors (Lipinski definition) is 0. The fraction of sp³-hybridized carbons (Fsp3) is 0.500. The molecule has 1 aliphatic rings. The molecular formula is C20H27N5O2S. The molecule has 0 saturated heterocycles. The van der Waals surface area contributed by atoms with Crippen molar-refractivity contribution in [3.05, 3.63) is 40.5 Å². The first-order valence-electron chi connectivity index (χ1n) is 9.31. The fourth-order valence-corrected chi connectivity index (χ4v) is 4.08. The van der Waals surface area contributed by atoms with Crippen molar-refractivity contribution >= 4 is 23.3 Å². The summed E-state index contributed by atoms with van der Waals surface area (Å²) in [7, 11) is 5.55. The molecule has 3 rings (SSSR count). The third-order valence-electron chi connectivity index (χ3n) is 4.77. The van der Waals surface area contributed by atoms with Crippen molar-refractivity contribution in [1.29, 1.82) is 0 Å². The summed E-state index contributed by atoms with van der Waals surface area (Å²) >= 11 is 1.62. The van der Waals surface area contributed by atoms with E-state index in [0.717, 1.165) is 34.8 Å². The number of carbonyl (C=O) groups is 2. The van der Waals surface area contributed by atoms with Crippen LogP contribution < -0.4 is 0 Å². The monoisotopic (exact) mass is 401 g/mol. The van der Waals surface area contributed by atoms with Crippen LogP contribution in [0.15, 0.2) is 22.9 Å². The van der Waals surface area contributed by atoms with E-state index in [-0.39, 0.29) is 23.1 Å². The molecule has 2 heterocycles. The van der Waals surface area contributed by atoms with Gasteiger partial charge in [-0.3, -0.25) is 19.0 Å². The second kappa shape index (κ2) is 7.95. The molecule has 0 unspecified atom stereocenters. The zero-order valence-electron chi connectivity index (χ0n) is 17.3. The third-order valence-corrected chi connectivity index (χ3v) is 5.67. The number of allylic oxidation sites excluding steroid dienone is 1. The standard InChI is InChI=1S/C20H27N5O2S/c1-12-9-17(19(27)16(10-23(3)4)18(26)14-7-8-14)25(21-12)11-15-13(2)22-24(5)20(15)28-6/h9-10,14H,7-8,11H2,1-6H3. The molecule has 7 nitrogen and oxygen atoms in total. The van der Waals surface area contributed by atoms with Gasteiger partial charge in [-0.05, 0) is 39.0 Å². The Kier molecular flexibility index (Phi) is 5.79. The van der Waals surface area contributed by atoms with E-state index in [4.69, 9.17) is 0 Å². The number of aromatic nitrogens is 4. The molecule has 28 heavy (non-hydrogen) atoms. The number of carbonyl (C=O) groups excluding carboxylic acids is 2. The van der Waals surface area contributed by atoms with Gasteiger partial charge >= 0.3 is 0 Å². The van der Waals surface area contributed by atoms with Gasteiger partial charge in [0.25, 0.3) is 0 Å². The number of nitrogens with zero attached hydrogens (tertiary/aromatic N) is 5. The minimum Gasteiger partial charge on any atom is -0.383 e. The first-order valence-corrected chi connectivity index (χ1v) is 10.5. The van der Waals surface area contributed by atoms with Crippen LogP contribution in [-0.4, -0.2) is 56.4 Å². The van der Waals surface area contributed by atoms with Gasteiger partial charge in [-0.1, -0.05) is 0 Å². The van der Waals surface area contributed by atoms with Crippen LogP contribution in [0.25, 0.3) is 0 Å². The minimum atomic E-state index is -0.265. The summed E-state index contributed by atoms with van der Waals surface area (Å²) < 4.78 is 3.55. The second-order valence-corrected chi connectivity index (χ2v) is 8.29. The molecule has 2 aromatic heterocycles. The maximum atomic E-state index is 13.3. The summed E-state index contributed by atoms with van der Waals surface area (Å²) in [5.41, 5.74) is 3.38. The van der Waals surface area contributed by atoms with Gasteiger partial charge in [-0.2, -0.15) is 10.2 Å². The Morgan fingerprint density at radius 1 is 1.29 bits per heavy atom. The second-order valence-electron chi connectivity index (χ2n) is 7.50. The van der Waals surface area contributed by atoms with Gasteiger partial charge in [0, 0.05) is 38.8 Å². The smallest absolute Gasteiger partial charge is 0.216 e. The number of hydrogen-bond acceptors (Lipinski definition) is 6. The summed E-state index contributed by atoms with van der Waals surface area (Å²) in [5.74, 6) is -0.346. The number of Topliss-reactive ketones (excluding diaryl/α,β-unsaturated/α-hetero) is 2. The van der Waals surface area contributed by atoms with E-state index in [1.54, 1.807) is 33.6 Å². The molecule has 2 aromatic rings.